The molecule has 1 aromatic heterocycles. The number of rotatable bonds is 4. The minimum Gasteiger partial charge on any atom is -0.496 e. The number of amides is 1. The molecule has 0 aliphatic heterocycles. The number of hydrogen-bond donors (Lipinski definition) is 1. The van der Waals surface area contributed by atoms with Crippen LogP contribution in [0.2, 0.25) is 0 Å². The zero-order valence-electron chi connectivity index (χ0n) is 12.9. The molecule has 1 amide bonds. The molecular formula is C17H20N2O2. The second-order valence-electron chi connectivity index (χ2n) is 5.06. The van der Waals surface area contributed by atoms with Gasteiger partial charge in [0.15, 0.2) is 0 Å². The molecule has 0 bridgehead atoms. The van der Waals surface area contributed by atoms with Gasteiger partial charge in [-0.3, -0.25) is 9.78 Å². The lowest BCUT2D eigenvalue weighted by atomic mass is 9.98. The van der Waals surface area contributed by atoms with E-state index >= 15 is 0 Å². The molecule has 21 heavy (non-hydrogen) atoms. The van der Waals surface area contributed by atoms with Crippen LogP contribution in [0.15, 0.2) is 30.6 Å². The molecular weight excluding hydrogens is 264 g/mol. The van der Waals surface area contributed by atoms with Crippen molar-refractivity contribution in [3.8, 4) is 5.75 Å². The van der Waals surface area contributed by atoms with E-state index in [0.717, 1.165) is 28.0 Å². The van der Waals surface area contributed by atoms with Gasteiger partial charge in [0.25, 0.3) is 5.91 Å². The number of benzene rings is 1. The van der Waals surface area contributed by atoms with Crippen molar-refractivity contribution < 1.29 is 9.53 Å². The number of aromatic nitrogens is 1. The molecule has 0 aliphatic rings. The number of carbonyl (C=O) groups excluding carboxylic acids is 1. The molecule has 0 aliphatic carbocycles. The SMILES string of the molecule is COc1c(C)cc(C(=O)NCc2ccncc2)c(C)c1C. The van der Waals surface area contributed by atoms with Crippen LogP contribution in [0.1, 0.15) is 32.6 Å². The fourth-order valence-electron chi connectivity index (χ4n) is 2.39. The smallest absolute Gasteiger partial charge is 0.251 e. The van der Waals surface area contributed by atoms with Crippen LogP contribution in [0.3, 0.4) is 0 Å². The molecule has 0 fully saturated rings. The van der Waals surface area contributed by atoms with Crippen molar-refractivity contribution in [1.29, 1.82) is 0 Å². The molecule has 2 aromatic rings. The minimum atomic E-state index is -0.0711. The standard InChI is InChI=1S/C17H20N2O2/c1-11-9-15(12(2)13(3)16(11)21-4)17(20)19-10-14-5-7-18-8-6-14/h5-9H,10H2,1-4H3,(H,19,20). The van der Waals surface area contributed by atoms with E-state index < -0.39 is 0 Å². The topological polar surface area (TPSA) is 51.2 Å². The van der Waals surface area contributed by atoms with Gasteiger partial charge in [-0.25, -0.2) is 0 Å². The fourth-order valence-corrected chi connectivity index (χ4v) is 2.39. The summed E-state index contributed by atoms with van der Waals surface area (Å²) < 4.78 is 5.38. The Morgan fingerprint density at radius 1 is 1.19 bits per heavy atom. The van der Waals surface area contributed by atoms with Crippen LogP contribution in [0, 0.1) is 20.8 Å². The van der Waals surface area contributed by atoms with Gasteiger partial charge in [0.1, 0.15) is 5.75 Å². The number of nitrogens with zero attached hydrogens (tertiary/aromatic N) is 1. The highest BCUT2D eigenvalue weighted by Gasteiger charge is 2.15. The Balaban J connectivity index is 2.20. The van der Waals surface area contributed by atoms with E-state index in [1.54, 1.807) is 19.5 Å². The maximum atomic E-state index is 12.4. The van der Waals surface area contributed by atoms with E-state index in [4.69, 9.17) is 4.74 Å². The van der Waals surface area contributed by atoms with E-state index in [1.165, 1.54) is 0 Å². The number of ether oxygens (including phenoxy) is 1. The summed E-state index contributed by atoms with van der Waals surface area (Å²) in [7, 11) is 1.65. The van der Waals surface area contributed by atoms with Gasteiger partial charge in [-0.15, -0.1) is 0 Å². The summed E-state index contributed by atoms with van der Waals surface area (Å²) >= 11 is 0. The van der Waals surface area contributed by atoms with Crippen molar-refractivity contribution >= 4 is 5.91 Å². The van der Waals surface area contributed by atoms with Gasteiger partial charge >= 0.3 is 0 Å². The lowest BCUT2D eigenvalue weighted by Gasteiger charge is -2.15. The quantitative estimate of drug-likeness (QED) is 0.939. The summed E-state index contributed by atoms with van der Waals surface area (Å²) in [6.07, 6.45) is 3.43. The molecule has 0 saturated carbocycles. The first-order chi connectivity index (χ1) is 10.0. The van der Waals surface area contributed by atoms with E-state index in [2.05, 4.69) is 10.3 Å². The summed E-state index contributed by atoms with van der Waals surface area (Å²) in [6.45, 7) is 6.36. The zero-order chi connectivity index (χ0) is 15.4. The number of pyridine rings is 1. The molecule has 0 radical (unpaired) electrons. The van der Waals surface area contributed by atoms with Gasteiger partial charge in [-0.05, 0) is 61.2 Å². The fraction of sp³-hybridized carbons (Fsp3) is 0.294. The van der Waals surface area contributed by atoms with Gasteiger partial charge < -0.3 is 10.1 Å². The Labute approximate surface area is 125 Å². The second kappa shape index (κ2) is 6.39. The Morgan fingerprint density at radius 3 is 2.48 bits per heavy atom. The maximum absolute atomic E-state index is 12.4. The molecule has 1 N–H and O–H groups in total. The third kappa shape index (κ3) is 3.21. The molecule has 0 saturated heterocycles. The number of hydrogen-bond acceptors (Lipinski definition) is 3. The Morgan fingerprint density at radius 2 is 1.86 bits per heavy atom. The van der Waals surface area contributed by atoms with Crippen LogP contribution in [0.25, 0.3) is 0 Å². The first-order valence-electron chi connectivity index (χ1n) is 6.86. The third-order valence-corrected chi connectivity index (χ3v) is 3.68. The predicted molar refractivity (Wildman–Crippen MR) is 82.6 cm³/mol. The van der Waals surface area contributed by atoms with Crippen molar-refractivity contribution in [2.45, 2.75) is 27.3 Å². The summed E-state index contributed by atoms with van der Waals surface area (Å²) in [4.78, 5) is 16.3. The van der Waals surface area contributed by atoms with Crippen molar-refractivity contribution in [3.63, 3.8) is 0 Å². The molecule has 4 nitrogen and oxygen atoms in total. The largest absolute Gasteiger partial charge is 0.496 e. The van der Waals surface area contributed by atoms with Crippen LogP contribution in [0.5, 0.6) is 5.75 Å². The van der Waals surface area contributed by atoms with Crippen molar-refractivity contribution in [2.24, 2.45) is 0 Å². The highest BCUT2D eigenvalue weighted by molar-refractivity contribution is 5.96. The molecule has 2 rings (SSSR count). The number of methoxy groups -OCH3 is 1. The predicted octanol–water partition coefficient (Wildman–Crippen LogP) is 2.95. The lowest BCUT2D eigenvalue weighted by Crippen LogP contribution is -2.24. The number of aryl methyl sites for hydroxylation is 1. The molecule has 0 atom stereocenters. The number of nitrogens with one attached hydrogen (secondary N) is 1. The van der Waals surface area contributed by atoms with Crippen LogP contribution in [-0.2, 0) is 6.54 Å². The van der Waals surface area contributed by atoms with E-state index in [1.807, 2.05) is 39.0 Å². The second-order valence-corrected chi connectivity index (χ2v) is 5.06. The lowest BCUT2D eigenvalue weighted by molar-refractivity contribution is 0.0950. The van der Waals surface area contributed by atoms with E-state index in [-0.39, 0.29) is 5.91 Å². The first-order valence-corrected chi connectivity index (χ1v) is 6.86. The van der Waals surface area contributed by atoms with Gasteiger partial charge in [-0.2, -0.15) is 0 Å². The summed E-state index contributed by atoms with van der Waals surface area (Å²) in [5.41, 5.74) is 4.64. The van der Waals surface area contributed by atoms with Crippen LogP contribution >= 0.6 is 0 Å². The summed E-state index contributed by atoms with van der Waals surface area (Å²) in [6, 6.07) is 5.65. The molecule has 110 valence electrons. The third-order valence-electron chi connectivity index (χ3n) is 3.68. The molecule has 0 spiro atoms. The van der Waals surface area contributed by atoms with Gasteiger partial charge in [0, 0.05) is 24.5 Å². The average molecular weight is 284 g/mol. The van der Waals surface area contributed by atoms with Gasteiger partial charge in [-0.1, -0.05) is 0 Å². The van der Waals surface area contributed by atoms with Crippen LogP contribution < -0.4 is 10.1 Å². The zero-order valence-corrected chi connectivity index (χ0v) is 12.9. The van der Waals surface area contributed by atoms with E-state index in [9.17, 15) is 4.79 Å². The van der Waals surface area contributed by atoms with Crippen LogP contribution in [0.4, 0.5) is 0 Å². The van der Waals surface area contributed by atoms with Crippen LogP contribution in [-0.4, -0.2) is 18.0 Å². The van der Waals surface area contributed by atoms with Gasteiger partial charge in [0.05, 0.1) is 7.11 Å². The van der Waals surface area contributed by atoms with Crippen molar-refractivity contribution in [1.82, 2.24) is 10.3 Å². The number of carbonyl (C=O) groups is 1. The van der Waals surface area contributed by atoms with E-state index in [0.29, 0.717) is 12.1 Å². The van der Waals surface area contributed by atoms with Gasteiger partial charge in [0.2, 0.25) is 0 Å². The Kier molecular flexibility index (Phi) is 4.58. The summed E-state index contributed by atoms with van der Waals surface area (Å²) in [5, 5.41) is 2.94. The summed E-state index contributed by atoms with van der Waals surface area (Å²) in [5.74, 6) is 0.774. The highest BCUT2D eigenvalue weighted by atomic mass is 16.5. The van der Waals surface area contributed by atoms with Crippen molar-refractivity contribution in [3.05, 3.63) is 58.4 Å². The maximum Gasteiger partial charge on any atom is 0.251 e. The Hall–Kier alpha value is -2.36. The normalized spacial score (nSPS) is 10.3. The average Bonchev–Trinajstić information content (AvgIpc) is 2.50. The Bertz CT molecular complexity index is 652. The first kappa shape index (κ1) is 15.0. The van der Waals surface area contributed by atoms with Crippen molar-refractivity contribution in [2.75, 3.05) is 7.11 Å². The molecule has 1 aromatic carbocycles. The minimum absolute atomic E-state index is 0.0711. The highest BCUT2D eigenvalue weighted by Crippen LogP contribution is 2.28. The molecule has 4 heteroatoms. The molecule has 0 unspecified atom stereocenters. The molecule has 1 heterocycles. The monoisotopic (exact) mass is 284 g/mol.